The van der Waals surface area contributed by atoms with Crippen molar-refractivity contribution in [3.8, 4) is 0 Å². The molecule has 0 spiro atoms. The Bertz CT molecular complexity index is 356. The van der Waals surface area contributed by atoms with E-state index in [0.717, 1.165) is 18.2 Å². The van der Waals surface area contributed by atoms with Crippen LogP contribution in [0.2, 0.25) is 0 Å². The molecular weight excluding hydrogens is 282 g/mol. The van der Waals surface area contributed by atoms with Crippen LogP contribution in [0.4, 0.5) is 0 Å². The van der Waals surface area contributed by atoms with Crippen LogP contribution in [0.1, 0.15) is 0 Å². The van der Waals surface area contributed by atoms with Crippen molar-refractivity contribution in [3.05, 3.63) is 62.6 Å². The fraction of sp³-hybridized carbons (Fsp3) is 0. The average Bonchev–Trinajstić information content (AvgIpc) is 2.50. The molecule has 0 atom stereocenters. The number of carboxylic acid groups (broad SMARTS) is 3. The van der Waals surface area contributed by atoms with Gasteiger partial charge in [0.15, 0.2) is 0 Å². The van der Waals surface area contributed by atoms with Crippen LogP contribution in [0, 0.1) is 0 Å². The molecule has 21 heavy (non-hydrogen) atoms. The average molecular weight is 299 g/mol. The number of carbonyl (C=O) groups is 3. The molecule has 0 radical (unpaired) electrons. The smallest absolute Gasteiger partial charge is 0.327 e. The Balaban J connectivity index is -0.000000207. The van der Waals surface area contributed by atoms with Gasteiger partial charge in [-0.05, 0) is 12.2 Å². The normalized spacial score (nSPS) is 9.14. The Kier molecular flexibility index (Phi) is 20.7. The summed E-state index contributed by atoms with van der Waals surface area (Å²) in [7, 11) is 0. The van der Waals surface area contributed by atoms with Gasteiger partial charge < -0.3 is 20.2 Å². The molecular formula is C13H17NO7. The van der Waals surface area contributed by atoms with Gasteiger partial charge in [0.25, 0.3) is 0 Å². The van der Waals surface area contributed by atoms with E-state index in [1.165, 1.54) is 0 Å². The van der Waals surface area contributed by atoms with Gasteiger partial charge >= 0.3 is 17.9 Å². The van der Waals surface area contributed by atoms with Gasteiger partial charge in [0.1, 0.15) is 6.26 Å². The molecule has 0 aromatic carbocycles. The minimum absolute atomic E-state index is 0.833. The number of rotatable bonds is 3. The number of nitrogens with one attached hydrogen (secondary N) is 1. The van der Waals surface area contributed by atoms with Crippen LogP contribution in [0.3, 0.4) is 0 Å². The Morgan fingerprint density at radius 3 is 1.24 bits per heavy atom. The number of allylic oxidation sites excluding steroid dienone is 2. The largest absolute Gasteiger partial charge is 0.478 e. The third-order valence-corrected chi connectivity index (χ3v) is 1.01. The molecule has 0 amide bonds. The summed E-state index contributed by atoms with van der Waals surface area (Å²) in [4.78, 5) is 32.3. The Morgan fingerprint density at radius 2 is 1.19 bits per heavy atom. The standard InChI is InChI=1S/C4H5NO.3C3H4O2/c1-2-4-6-5-3-1;3*1-2-3(4)5/h1-5H;3*2H,1H2,(H,4,5). The van der Waals surface area contributed by atoms with Gasteiger partial charge in [-0.15, -0.1) is 0 Å². The van der Waals surface area contributed by atoms with Crippen molar-refractivity contribution in [2.75, 3.05) is 0 Å². The lowest BCUT2D eigenvalue weighted by molar-refractivity contribution is -0.132. The van der Waals surface area contributed by atoms with E-state index in [9.17, 15) is 14.4 Å². The SMILES string of the molecule is C1=CNOC=C1.C=CC(=O)O.C=CC(=O)O.C=CC(=O)O. The van der Waals surface area contributed by atoms with Gasteiger partial charge in [-0.2, -0.15) is 0 Å². The Morgan fingerprint density at radius 1 is 0.857 bits per heavy atom. The molecule has 4 N–H and O–H groups in total. The van der Waals surface area contributed by atoms with Crippen molar-refractivity contribution >= 4 is 17.9 Å². The second kappa shape index (κ2) is 19.1. The molecule has 116 valence electrons. The highest BCUT2D eigenvalue weighted by Gasteiger charge is 1.74. The summed E-state index contributed by atoms with van der Waals surface area (Å²) in [6.07, 6.45) is 9.43. The summed E-state index contributed by atoms with van der Waals surface area (Å²) >= 11 is 0. The fourth-order valence-electron chi connectivity index (χ4n) is 0.258. The van der Waals surface area contributed by atoms with E-state index in [2.05, 4.69) is 30.1 Å². The molecule has 0 fully saturated rings. The maximum absolute atomic E-state index is 9.25. The lowest BCUT2D eigenvalue weighted by atomic mass is 10.6. The number of aliphatic carboxylic acids is 3. The first-order valence-corrected chi connectivity index (χ1v) is 5.10. The molecule has 1 aliphatic rings. The molecule has 0 aromatic heterocycles. The lowest BCUT2D eigenvalue weighted by Crippen LogP contribution is -2.01. The molecule has 1 rings (SSSR count). The van der Waals surface area contributed by atoms with Crippen LogP contribution in [0.25, 0.3) is 0 Å². The molecule has 8 heteroatoms. The van der Waals surface area contributed by atoms with Crippen molar-refractivity contribution < 1.29 is 34.5 Å². The second-order valence-corrected chi connectivity index (χ2v) is 2.55. The van der Waals surface area contributed by atoms with Crippen LogP contribution in [-0.4, -0.2) is 33.2 Å². The van der Waals surface area contributed by atoms with Gasteiger partial charge in [-0.1, -0.05) is 19.7 Å². The van der Waals surface area contributed by atoms with Crippen LogP contribution < -0.4 is 5.48 Å². The van der Waals surface area contributed by atoms with E-state index < -0.39 is 17.9 Å². The van der Waals surface area contributed by atoms with Crippen LogP contribution in [0.5, 0.6) is 0 Å². The van der Waals surface area contributed by atoms with E-state index in [0.29, 0.717) is 0 Å². The van der Waals surface area contributed by atoms with Crippen LogP contribution >= 0.6 is 0 Å². The minimum Gasteiger partial charge on any atom is -0.478 e. The zero-order valence-corrected chi connectivity index (χ0v) is 11.1. The van der Waals surface area contributed by atoms with Crippen molar-refractivity contribution in [1.29, 1.82) is 0 Å². The van der Waals surface area contributed by atoms with Crippen LogP contribution in [-0.2, 0) is 19.2 Å². The molecule has 0 aliphatic carbocycles. The first kappa shape index (κ1) is 22.9. The third kappa shape index (κ3) is 47.7. The second-order valence-electron chi connectivity index (χ2n) is 2.55. The van der Waals surface area contributed by atoms with E-state index in [-0.39, 0.29) is 0 Å². The first-order valence-electron chi connectivity index (χ1n) is 5.10. The maximum atomic E-state index is 9.25. The molecule has 0 saturated heterocycles. The van der Waals surface area contributed by atoms with E-state index in [1.54, 1.807) is 18.5 Å². The highest BCUT2D eigenvalue weighted by molar-refractivity contribution is 5.79. The quantitative estimate of drug-likeness (QED) is 0.573. The minimum atomic E-state index is -0.981. The predicted molar refractivity (Wildman–Crippen MR) is 76.0 cm³/mol. The molecule has 0 aromatic rings. The summed E-state index contributed by atoms with van der Waals surface area (Å²) in [5, 5.41) is 22.8. The lowest BCUT2D eigenvalue weighted by Gasteiger charge is -1.97. The van der Waals surface area contributed by atoms with Gasteiger partial charge in [-0.3, -0.25) is 0 Å². The molecule has 0 bridgehead atoms. The van der Waals surface area contributed by atoms with Crippen molar-refractivity contribution in [2.45, 2.75) is 0 Å². The highest BCUT2D eigenvalue weighted by atomic mass is 16.6. The van der Waals surface area contributed by atoms with E-state index >= 15 is 0 Å². The molecule has 0 unspecified atom stereocenters. The Labute approximate surface area is 121 Å². The van der Waals surface area contributed by atoms with Crippen LogP contribution in [0.15, 0.2) is 62.6 Å². The fourth-order valence-corrected chi connectivity index (χ4v) is 0.258. The van der Waals surface area contributed by atoms with Crippen molar-refractivity contribution in [1.82, 2.24) is 5.48 Å². The summed E-state index contributed by atoms with van der Waals surface area (Å²) in [5.74, 6) is -2.94. The zero-order chi connectivity index (χ0) is 17.1. The predicted octanol–water partition coefficient (Wildman–Crippen LogP) is 1.32. The molecule has 1 aliphatic heterocycles. The first-order chi connectivity index (χ1) is 9.81. The van der Waals surface area contributed by atoms with Gasteiger partial charge in [0.2, 0.25) is 0 Å². The summed E-state index contributed by atoms with van der Waals surface area (Å²) < 4.78 is 0. The number of hydroxylamine groups is 1. The maximum Gasteiger partial charge on any atom is 0.327 e. The van der Waals surface area contributed by atoms with Gasteiger partial charge in [0, 0.05) is 24.4 Å². The topological polar surface area (TPSA) is 133 Å². The number of hydrogen-bond acceptors (Lipinski definition) is 5. The third-order valence-electron chi connectivity index (χ3n) is 1.01. The number of hydrogen-bond donors (Lipinski definition) is 4. The Hall–Kier alpha value is -3.29. The summed E-state index contributed by atoms with van der Waals surface area (Å²) in [6, 6.07) is 0. The monoisotopic (exact) mass is 299 g/mol. The van der Waals surface area contributed by atoms with Gasteiger partial charge in [-0.25, -0.2) is 19.9 Å². The highest BCUT2D eigenvalue weighted by Crippen LogP contribution is 1.80. The van der Waals surface area contributed by atoms with Gasteiger partial charge in [0.05, 0.1) is 0 Å². The van der Waals surface area contributed by atoms with Crippen molar-refractivity contribution in [3.63, 3.8) is 0 Å². The number of carboxylic acids is 3. The molecule has 8 nitrogen and oxygen atoms in total. The van der Waals surface area contributed by atoms with E-state index in [1.807, 2.05) is 6.08 Å². The van der Waals surface area contributed by atoms with Crippen molar-refractivity contribution in [2.24, 2.45) is 0 Å². The molecule has 1 heterocycles. The van der Waals surface area contributed by atoms with E-state index in [4.69, 9.17) is 15.3 Å². The molecule has 0 saturated carbocycles. The zero-order valence-electron chi connectivity index (χ0n) is 11.1. The summed E-state index contributed by atoms with van der Waals surface area (Å²) in [5.41, 5.74) is 2.52. The summed E-state index contributed by atoms with van der Waals surface area (Å²) in [6.45, 7) is 8.88.